The molecule has 1 aliphatic carbocycles. The number of carbonyl (C=O) groups excluding carboxylic acids is 1. The van der Waals surface area contributed by atoms with Crippen molar-refractivity contribution in [3.63, 3.8) is 0 Å². The Balaban J connectivity index is 1.45. The van der Waals surface area contributed by atoms with Crippen molar-refractivity contribution in [2.75, 3.05) is 37.6 Å². The zero-order valence-corrected chi connectivity index (χ0v) is 13.1. The highest BCUT2D eigenvalue weighted by molar-refractivity contribution is 5.78. The summed E-state index contributed by atoms with van der Waals surface area (Å²) in [4.78, 5) is 16.2. The molecule has 1 aromatic rings. The maximum Gasteiger partial charge on any atom is 0.234 e. The van der Waals surface area contributed by atoms with Gasteiger partial charge in [-0.3, -0.25) is 9.69 Å². The minimum absolute atomic E-state index is 0.110. The van der Waals surface area contributed by atoms with Gasteiger partial charge in [-0.15, -0.1) is 0 Å². The van der Waals surface area contributed by atoms with Crippen LogP contribution in [0.1, 0.15) is 19.8 Å². The van der Waals surface area contributed by atoms with E-state index in [1.165, 1.54) is 18.9 Å². The largest absolute Gasteiger partial charge is 0.367 e. The molecule has 120 valence electrons. The Bertz CT molecular complexity index is 524. The van der Waals surface area contributed by atoms with Gasteiger partial charge in [0.1, 0.15) is 5.82 Å². The van der Waals surface area contributed by atoms with Crippen LogP contribution in [-0.2, 0) is 4.79 Å². The third-order valence-corrected chi connectivity index (χ3v) is 4.65. The molecule has 3 rings (SSSR count). The number of anilines is 1. The van der Waals surface area contributed by atoms with Crippen molar-refractivity contribution in [3.8, 4) is 0 Å². The molecule has 0 radical (unpaired) electrons. The molecule has 1 aliphatic heterocycles. The van der Waals surface area contributed by atoms with Gasteiger partial charge in [0.15, 0.2) is 0 Å². The van der Waals surface area contributed by atoms with E-state index in [-0.39, 0.29) is 11.7 Å². The second kappa shape index (κ2) is 6.65. The monoisotopic (exact) mass is 305 g/mol. The molecule has 0 spiro atoms. The van der Waals surface area contributed by atoms with Crippen LogP contribution in [0.4, 0.5) is 10.1 Å². The summed E-state index contributed by atoms with van der Waals surface area (Å²) in [6.07, 6.45) is 2.48. The van der Waals surface area contributed by atoms with E-state index in [1.54, 1.807) is 6.07 Å². The van der Waals surface area contributed by atoms with E-state index in [0.717, 1.165) is 26.2 Å². The van der Waals surface area contributed by atoms with E-state index in [4.69, 9.17) is 0 Å². The average Bonchev–Trinajstić information content (AvgIpc) is 3.33. The fourth-order valence-electron chi connectivity index (χ4n) is 3.07. The van der Waals surface area contributed by atoms with Gasteiger partial charge in [-0.1, -0.05) is 12.1 Å². The lowest BCUT2D eigenvalue weighted by Gasteiger charge is -2.36. The van der Waals surface area contributed by atoms with Crippen LogP contribution in [0.5, 0.6) is 0 Å². The molecule has 1 saturated carbocycles. The van der Waals surface area contributed by atoms with E-state index in [1.807, 2.05) is 12.1 Å². The Morgan fingerprint density at radius 1 is 1.27 bits per heavy atom. The fraction of sp³-hybridized carbons (Fsp3) is 0.588. The lowest BCUT2D eigenvalue weighted by atomic mass is 10.2. The van der Waals surface area contributed by atoms with E-state index in [9.17, 15) is 9.18 Å². The van der Waals surface area contributed by atoms with Crippen LogP contribution in [0.25, 0.3) is 0 Å². The van der Waals surface area contributed by atoms with Crippen molar-refractivity contribution in [2.24, 2.45) is 5.92 Å². The third-order valence-electron chi connectivity index (χ3n) is 4.65. The summed E-state index contributed by atoms with van der Waals surface area (Å²) in [6.45, 7) is 5.63. The Morgan fingerprint density at radius 3 is 2.59 bits per heavy atom. The number of benzene rings is 1. The van der Waals surface area contributed by atoms with E-state index in [2.05, 4.69) is 22.0 Å². The molecule has 1 saturated heterocycles. The van der Waals surface area contributed by atoms with Crippen molar-refractivity contribution in [1.29, 1.82) is 0 Å². The smallest absolute Gasteiger partial charge is 0.234 e. The number of halogens is 1. The Morgan fingerprint density at radius 2 is 1.95 bits per heavy atom. The first kappa shape index (κ1) is 15.3. The number of hydrogen-bond donors (Lipinski definition) is 1. The number of piperazine rings is 1. The van der Waals surface area contributed by atoms with E-state index >= 15 is 0 Å². The fourth-order valence-corrected chi connectivity index (χ4v) is 3.07. The van der Waals surface area contributed by atoms with Gasteiger partial charge in [0.05, 0.1) is 12.2 Å². The first-order chi connectivity index (χ1) is 10.6. The summed E-state index contributed by atoms with van der Waals surface area (Å²) in [5.41, 5.74) is 0.661. The molecule has 1 N–H and O–H groups in total. The Kier molecular flexibility index (Phi) is 4.62. The maximum atomic E-state index is 13.8. The number of amides is 1. The number of hydrogen-bond acceptors (Lipinski definition) is 3. The van der Waals surface area contributed by atoms with Crippen LogP contribution in [-0.4, -0.2) is 49.6 Å². The first-order valence-corrected chi connectivity index (χ1v) is 8.14. The first-order valence-electron chi connectivity index (χ1n) is 8.14. The SMILES string of the molecule is C[C@@H](NC(=O)CN1CCN(c2ccccc2F)CC1)C1CC1. The molecule has 1 atom stereocenters. The number of carbonyl (C=O) groups is 1. The van der Waals surface area contributed by atoms with Crippen LogP contribution in [0.15, 0.2) is 24.3 Å². The van der Waals surface area contributed by atoms with Crippen LogP contribution in [0.3, 0.4) is 0 Å². The summed E-state index contributed by atoms with van der Waals surface area (Å²) in [7, 11) is 0. The second-order valence-electron chi connectivity index (χ2n) is 6.41. The van der Waals surface area contributed by atoms with Crippen molar-refractivity contribution in [1.82, 2.24) is 10.2 Å². The van der Waals surface area contributed by atoms with E-state index in [0.29, 0.717) is 24.2 Å². The molecule has 2 fully saturated rings. The van der Waals surface area contributed by atoms with Gasteiger partial charge in [0, 0.05) is 32.2 Å². The van der Waals surface area contributed by atoms with Crippen LogP contribution >= 0.6 is 0 Å². The van der Waals surface area contributed by atoms with E-state index < -0.39 is 0 Å². The zero-order chi connectivity index (χ0) is 15.5. The Labute approximate surface area is 131 Å². The summed E-state index contributed by atoms with van der Waals surface area (Å²) >= 11 is 0. The topological polar surface area (TPSA) is 35.6 Å². The van der Waals surface area contributed by atoms with Gasteiger partial charge in [-0.2, -0.15) is 0 Å². The summed E-state index contributed by atoms with van der Waals surface area (Å²) in [5, 5.41) is 3.09. The van der Waals surface area contributed by atoms with Crippen LogP contribution < -0.4 is 10.2 Å². The number of rotatable bonds is 5. The predicted octanol–water partition coefficient (Wildman–Crippen LogP) is 1.86. The van der Waals surface area contributed by atoms with Gasteiger partial charge in [0.2, 0.25) is 5.91 Å². The number of para-hydroxylation sites is 1. The van der Waals surface area contributed by atoms with Crippen LogP contribution in [0, 0.1) is 11.7 Å². The predicted molar refractivity (Wildman–Crippen MR) is 85.4 cm³/mol. The normalized spacial score (nSPS) is 20.7. The lowest BCUT2D eigenvalue weighted by molar-refractivity contribution is -0.123. The molecule has 22 heavy (non-hydrogen) atoms. The number of nitrogens with zero attached hydrogens (tertiary/aromatic N) is 2. The minimum atomic E-state index is -0.174. The van der Waals surface area contributed by atoms with Gasteiger partial charge >= 0.3 is 0 Å². The molecule has 2 aliphatic rings. The maximum absolute atomic E-state index is 13.8. The van der Waals surface area contributed by atoms with Crippen molar-refractivity contribution in [2.45, 2.75) is 25.8 Å². The summed E-state index contributed by atoms with van der Waals surface area (Å²) < 4.78 is 13.8. The molecule has 5 heteroatoms. The highest BCUT2D eigenvalue weighted by Crippen LogP contribution is 2.32. The highest BCUT2D eigenvalue weighted by Gasteiger charge is 2.29. The quantitative estimate of drug-likeness (QED) is 0.902. The second-order valence-corrected chi connectivity index (χ2v) is 6.41. The van der Waals surface area contributed by atoms with Crippen molar-refractivity contribution >= 4 is 11.6 Å². The average molecular weight is 305 g/mol. The third kappa shape index (κ3) is 3.77. The van der Waals surface area contributed by atoms with Gasteiger partial charge in [0.25, 0.3) is 0 Å². The minimum Gasteiger partial charge on any atom is -0.367 e. The molecule has 0 bridgehead atoms. The highest BCUT2D eigenvalue weighted by atomic mass is 19.1. The summed E-state index contributed by atoms with van der Waals surface area (Å²) in [6, 6.07) is 7.17. The molecular formula is C17H24FN3O. The Hall–Kier alpha value is -1.62. The molecule has 1 aromatic carbocycles. The molecule has 1 heterocycles. The lowest BCUT2D eigenvalue weighted by Crippen LogP contribution is -2.50. The summed E-state index contributed by atoms with van der Waals surface area (Å²) in [5.74, 6) is 0.618. The van der Waals surface area contributed by atoms with Crippen molar-refractivity contribution < 1.29 is 9.18 Å². The standard InChI is InChI=1S/C17H24FN3O/c1-13(14-6-7-14)19-17(22)12-20-8-10-21(11-9-20)16-5-3-2-4-15(16)18/h2-5,13-14H,6-12H2,1H3,(H,19,22)/t13-/m1/s1. The van der Waals surface area contributed by atoms with Gasteiger partial charge in [-0.25, -0.2) is 4.39 Å². The van der Waals surface area contributed by atoms with Gasteiger partial charge in [-0.05, 0) is 37.8 Å². The molecule has 1 amide bonds. The zero-order valence-electron chi connectivity index (χ0n) is 13.1. The molecule has 0 aromatic heterocycles. The van der Waals surface area contributed by atoms with Gasteiger partial charge < -0.3 is 10.2 Å². The molecule has 0 unspecified atom stereocenters. The molecule has 4 nitrogen and oxygen atoms in total. The molecular weight excluding hydrogens is 281 g/mol. The number of nitrogens with one attached hydrogen (secondary N) is 1. The van der Waals surface area contributed by atoms with Crippen molar-refractivity contribution in [3.05, 3.63) is 30.1 Å². The van der Waals surface area contributed by atoms with Crippen LogP contribution in [0.2, 0.25) is 0 Å².